The van der Waals surface area contributed by atoms with Crippen LogP contribution in [-0.2, 0) is 23.9 Å². The molecule has 0 bridgehead atoms. The van der Waals surface area contributed by atoms with Crippen molar-refractivity contribution < 1.29 is 29.0 Å². The maximum absolute atomic E-state index is 13.1. The van der Waals surface area contributed by atoms with E-state index in [4.69, 9.17) is 9.47 Å². The lowest BCUT2D eigenvalue weighted by atomic mass is 9.32. The number of allylic oxidation sites excluding steroid dienone is 1. The Morgan fingerprint density at radius 1 is 0.939 bits per heavy atom. The highest BCUT2D eigenvalue weighted by molar-refractivity contribution is 6.39. The molecule has 272 valence electrons. The second-order valence-electron chi connectivity index (χ2n) is 19.2. The first-order chi connectivity index (χ1) is 22.8. The van der Waals surface area contributed by atoms with Crippen LogP contribution in [0.15, 0.2) is 22.4 Å². The van der Waals surface area contributed by atoms with Crippen LogP contribution < -0.4 is 0 Å². The van der Waals surface area contributed by atoms with E-state index in [0.29, 0.717) is 48.3 Å². The predicted molar refractivity (Wildman–Crippen MR) is 191 cm³/mol. The Kier molecular flexibility index (Phi) is 9.12. The van der Waals surface area contributed by atoms with Gasteiger partial charge in [0.2, 0.25) is 0 Å². The third-order valence-corrected chi connectivity index (χ3v) is 16.2. The van der Waals surface area contributed by atoms with Crippen molar-refractivity contribution in [2.24, 2.45) is 72.3 Å². The first kappa shape index (κ1) is 36.3. The Bertz CT molecular complexity index is 1450. The minimum absolute atomic E-state index is 0.113. The summed E-state index contributed by atoms with van der Waals surface area (Å²) in [5, 5.41) is 17.4. The van der Waals surface area contributed by atoms with E-state index in [0.717, 1.165) is 25.7 Å². The molecule has 0 aromatic heterocycles. The van der Waals surface area contributed by atoms with Crippen molar-refractivity contribution in [1.82, 2.24) is 0 Å². The molecule has 0 saturated heterocycles. The molecule has 0 amide bonds. The first-order valence-corrected chi connectivity index (χ1v) is 19.2. The molecule has 1 aliphatic heterocycles. The number of carboxylic acid groups (broad SMARTS) is 1. The Balaban J connectivity index is 1.22. The fraction of sp³-hybridized carbons (Fsp3) is 0.829. The number of carboxylic acids is 1. The lowest BCUT2D eigenvalue weighted by molar-refractivity contribution is -0.251. The van der Waals surface area contributed by atoms with Crippen molar-refractivity contribution in [2.75, 3.05) is 6.61 Å². The molecule has 0 spiro atoms. The van der Waals surface area contributed by atoms with E-state index in [9.17, 15) is 19.5 Å². The van der Waals surface area contributed by atoms with E-state index in [2.05, 4.69) is 58.3 Å². The molecule has 5 saturated carbocycles. The van der Waals surface area contributed by atoms with Gasteiger partial charge in [-0.25, -0.2) is 4.79 Å². The van der Waals surface area contributed by atoms with Crippen LogP contribution in [-0.4, -0.2) is 47.7 Å². The molecule has 10 atom stereocenters. The minimum atomic E-state index is -1.14. The van der Waals surface area contributed by atoms with E-state index in [1.165, 1.54) is 50.5 Å². The van der Waals surface area contributed by atoms with Gasteiger partial charge in [-0.05, 0) is 143 Å². The largest absolute Gasteiger partial charge is 0.481 e. The van der Waals surface area contributed by atoms with E-state index >= 15 is 0 Å². The predicted octanol–water partition coefficient (Wildman–Crippen LogP) is 8.82. The molecule has 0 aromatic rings. The Morgan fingerprint density at radius 3 is 2.33 bits per heavy atom. The molecule has 0 aromatic carbocycles. The van der Waals surface area contributed by atoms with Gasteiger partial charge < -0.3 is 14.6 Å². The van der Waals surface area contributed by atoms with Gasteiger partial charge >= 0.3 is 17.9 Å². The topological polar surface area (TPSA) is 115 Å². The zero-order valence-electron chi connectivity index (χ0n) is 31.5. The average Bonchev–Trinajstić information content (AvgIpc) is 3.68. The molecule has 5 aliphatic carbocycles. The number of hydrogen-bond acceptors (Lipinski definition) is 7. The van der Waals surface area contributed by atoms with Crippen molar-refractivity contribution in [1.29, 1.82) is 0 Å². The zero-order valence-corrected chi connectivity index (χ0v) is 31.5. The zero-order chi connectivity index (χ0) is 35.8. The Hall–Kier alpha value is -2.51. The molecule has 1 N–H and O–H groups in total. The molecule has 8 nitrogen and oxygen atoms in total. The van der Waals surface area contributed by atoms with Gasteiger partial charge in [0.1, 0.15) is 6.10 Å². The summed E-state index contributed by atoms with van der Waals surface area (Å²) in [7, 11) is 0. The van der Waals surface area contributed by atoms with Crippen molar-refractivity contribution in [3.63, 3.8) is 0 Å². The molecule has 6 aliphatic rings. The molecule has 0 unspecified atom stereocenters. The van der Waals surface area contributed by atoms with E-state index in [1.54, 1.807) is 20.1 Å². The van der Waals surface area contributed by atoms with Gasteiger partial charge in [-0.1, -0.05) is 46.8 Å². The number of rotatable bonds is 9. The lowest BCUT2D eigenvalue weighted by Gasteiger charge is -2.73. The average molecular weight is 679 g/mol. The van der Waals surface area contributed by atoms with Crippen LogP contribution in [0.1, 0.15) is 139 Å². The van der Waals surface area contributed by atoms with Gasteiger partial charge in [-0.2, -0.15) is 5.10 Å². The maximum atomic E-state index is 13.1. The first-order valence-electron chi connectivity index (χ1n) is 19.2. The van der Waals surface area contributed by atoms with Gasteiger partial charge in [0, 0.05) is 18.1 Å². The van der Waals surface area contributed by atoms with Gasteiger partial charge in [0.15, 0.2) is 5.71 Å². The van der Waals surface area contributed by atoms with Crippen molar-refractivity contribution in [3.05, 3.63) is 12.2 Å². The minimum Gasteiger partial charge on any atom is -0.481 e. The molecule has 1 heterocycles. The summed E-state index contributed by atoms with van der Waals surface area (Å²) in [6.45, 7) is 22.8. The van der Waals surface area contributed by atoms with Gasteiger partial charge in [-0.15, -0.1) is 5.10 Å². The smallest absolute Gasteiger partial charge is 0.354 e. The summed E-state index contributed by atoms with van der Waals surface area (Å²) in [6, 6.07) is 0. The lowest BCUT2D eigenvalue weighted by Crippen LogP contribution is -2.66. The van der Waals surface area contributed by atoms with Crippen molar-refractivity contribution in [3.8, 4) is 0 Å². The third-order valence-electron chi connectivity index (χ3n) is 16.2. The quantitative estimate of drug-likeness (QED) is 0.193. The summed E-state index contributed by atoms with van der Waals surface area (Å²) in [4.78, 5) is 37.4. The standard InChI is InChI=1S/C41H62N2O6/c1-25(2)26-12-18-41(21-23-48-34(45)28-15-22-42-43-28)20-19-39(8)27(33(26)41)10-11-30-38(7)16-14-31(49-32(44)24-36(3,4)35(46)47)37(5,6)29(38)13-17-40(30,39)9/h22,26-27,29-31,33H,1,10-21,23-24H2,2-9H3,(H,46,47)/t26-,27+,29-,30+,31-,33+,38-,39+,40+,41+/m0/s1. The summed E-state index contributed by atoms with van der Waals surface area (Å²) in [6.07, 6.45) is 14.1. The SMILES string of the molecule is C=C(C)[C@@H]1CC[C@]2(CCOC(=O)C3=NN=CC3)CC[C@]3(C)[C@H](CC[C@@H]4[C@@]5(C)CC[C@H](OC(=O)CC(C)(C)C(=O)O)C(C)(C)[C@@H]5CC[C@]43C)[C@@H]12. The summed E-state index contributed by atoms with van der Waals surface area (Å²) < 4.78 is 12.0. The Morgan fingerprint density at radius 2 is 1.67 bits per heavy atom. The normalized spacial score (nSPS) is 42.2. The number of ether oxygens (including phenoxy) is 2. The number of fused-ring (bicyclic) bond motifs is 7. The van der Waals surface area contributed by atoms with E-state index in [1.807, 2.05) is 0 Å². The third kappa shape index (κ3) is 5.64. The van der Waals surface area contributed by atoms with Crippen molar-refractivity contribution in [2.45, 2.75) is 145 Å². The number of esters is 2. The monoisotopic (exact) mass is 678 g/mol. The summed E-state index contributed by atoms with van der Waals surface area (Å²) in [5.41, 5.74) is 1.11. The van der Waals surface area contributed by atoms with Crippen LogP contribution in [0.5, 0.6) is 0 Å². The van der Waals surface area contributed by atoms with Crippen molar-refractivity contribution >= 4 is 29.8 Å². The molecular formula is C41H62N2O6. The second-order valence-corrected chi connectivity index (χ2v) is 19.2. The second kappa shape index (κ2) is 12.3. The number of carbonyl (C=O) groups is 3. The highest BCUT2D eigenvalue weighted by Gasteiger charge is 2.71. The molecular weight excluding hydrogens is 616 g/mol. The Labute approximate surface area is 294 Å². The fourth-order valence-electron chi connectivity index (χ4n) is 13.4. The van der Waals surface area contributed by atoms with Gasteiger partial charge in [0.05, 0.1) is 18.4 Å². The molecule has 8 heteroatoms. The van der Waals surface area contributed by atoms with Crippen LogP contribution in [0.3, 0.4) is 0 Å². The number of nitrogens with zero attached hydrogens (tertiary/aromatic N) is 2. The molecule has 6 rings (SSSR count). The van der Waals surface area contributed by atoms with Gasteiger partial charge in [0.25, 0.3) is 0 Å². The summed E-state index contributed by atoms with van der Waals surface area (Å²) in [5.74, 6) is 1.00. The van der Waals surface area contributed by atoms with E-state index in [-0.39, 0.29) is 45.6 Å². The van der Waals surface area contributed by atoms with Crippen LogP contribution in [0.25, 0.3) is 0 Å². The number of aliphatic carboxylic acids is 1. The fourth-order valence-corrected chi connectivity index (χ4v) is 13.4. The molecule has 0 radical (unpaired) electrons. The van der Waals surface area contributed by atoms with Crippen LogP contribution in [0, 0.1) is 62.1 Å². The summed E-state index contributed by atoms with van der Waals surface area (Å²) >= 11 is 0. The maximum Gasteiger partial charge on any atom is 0.354 e. The van der Waals surface area contributed by atoms with Crippen LogP contribution >= 0.6 is 0 Å². The van der Waals surface area contributed by atoms with E-state index < -0.39 is 17.4 Å². The van der Waals surface area contributed by atoms with Crippen LogP contribution in [0.2, 0.25) is 0 Å². The molecule has 5 fully saturated rings. The highest BCUT2D eigenvalue weighted by Crippen LogP contribution is 2.78. The highest BCUT2D eigenvalue weighted by atomic mass is 16.5. The number of carbonyl (C=O) groups excluding carboxylic acids is 2. The van der Waals surface area contributed by atoms with Gasteiger partial charge in [-0.3, -0.25) is 9.59 Å². The number of hydrogen-bond donors (Lipinski definition) is 1. The van der Waals surface area contributed by atoms with Crippen LogP contribution in [0.4, 0.5) is 0 Å². The molecule has 49 heavy (non-hydrogen) atoms.